The van der Waals surface area contributed by atoms with Crippen LogP contribution in [0.2, 0.25) is 0 Å². The molecule has 1 N–H and O–H groups in total. The van der Waals surface area contributed by atoms with Crippen molar-refractivity contribution in [2.45, 2.75) is 6.92 Å². The van der Waals surface area contributed by atoms with Crippen molar-refractivity contribution < 1.29 is 4.79 Å². The van der Waals surface area contributed by atoms with Gasteiger partial charge in [0.15, 0.2) is 0 Å². The van der Waals surface area contributed by atoms with Gasteiger partial charge in [-0.05, 0) is 37.3 Å². The number of hydrogen-bond donors (Lipinski definition) is 1. The van der Waals surface area contributed by atoms with Crippen molar-refractivity contribution in [1.29, 1.82) is 5.26 Å². The average Bonchev–Trinajstić information content (AvgIpc) is 2.98. The second-order valence-corrected chi connectivity index (χ2v) is 5.79. The lowest BCUT2D eigenvalue weighted by Gasteiger charge is -2.03. The SMILES string of the molecule is Cc1nc(-c2ccccn2)sc1C(=O)Nc1cccc(C#N)c1. The fourth-order valence-corrected chi connectivity index (χ4v) is 3.00. The largest absolute Gasteiger partial charge is 0.321 e. The molecule has 0 aliphatic heterocycles. The van der Waals surface area contributed by atoms with E-state index < -0.39 is 0 Å². The van der Waals surface area contributed by atoms with E-state index in [1.54, 1.807) is 37.4 Å². The van der Waals surface area contributed by atoms with Crippen LogP contribution in [-0.4, -0.2) is 15.9 Å². The number of hydrogen-bond acceptors (Lipinski definition) is 5. The molecule has 1 aromatic carbocycles. The summed E-state index contributed by atoms with van der Waals surface area (Å²) in [7, 11) is 0. The molecule has 112 valence electrons. The molecular weight excluding hydrogens is 308 g/mol. The molecule has 3 aromatic rings. The van der Waals surface area contributed by atoms with Gasteiger partial charge in [0.1, 0.15) is 9.88 Å². The summed E-state index contributed by atoms with van der Waals surface area (Å²) < 4.78 is 0. The number of rotatable bonds is 3. The summed E-state index contributed by atoms with van der Waals surface area (Å²) >= 11 is 1.30. The first-order chi connectivity index (χ1) is 11.2. The Morgan fingerprint density at radius 2 is 2.13 bits per heavy atom. The Bertz CT molecular complexity index is 896. The maximum atomic E-state index is 12.4. The minimum Gasteiger partial charge on any atom is -0.321 e. The van der Waals surface area contributed by atoms with Gasteiger partial charge in [0.05, 0.1) is 23.0 Å². The van der Waals surface area contributed by atoms with E-state index in [4.69, 9.17) is 5.26 Å². The van der Waals surface area contributed by atoms with Crippen molar-refractivity contribution in [2.75, 3.05) is 5.32 Å². The number of aryl methyl sites for hydroxylation is 1. The summed E-state index contributed by atoms with van der Waals surface area (Å²) in [4.78, 5) is 21.6. The molecule has 2 aromatic heterocycles. The zero-order valence-electron chi connectivity index (χ0n) is 12.3. The van der Waals surface area contributed by atoms with Gasteiger partial charge in [0.25, 0.3) is 5.91 Å². The van der Waals surface area contributed by atoms with Gasteiger partial charge in [0, 0.05) is 11.9 Å². The van der Waals surface area contributed by atoms with E-state index in [-0.39, 0.29) is 5.91 Å². The first kappa shape index (κ1) is 14.9. The molecule has 0 saturated carbocycles. The van der Waals surface area contributed by atoms with Crippen LogP contribution in [0.5, 0.6) is 0 Å². The fraction of sp³-hybridized carbons (Fsp3) is 0.0588. The van der Waals surface area contributed by atoms with Crippen LogP contribution < -0.4 is 5.32 Å². The van der Waals surface area contributed by atoms with E-state index in [2.05, 4.69) is 15.3 Å². The van der Waals surface area contributed by atoms with Crippen LogP contribution in [0.3, 0.4) is 0 Å². The summed E-state index contributed by atoms with van der Waals surface area (Å²) in [6.07, 6.45) is 1.69. The highest BCUT2D eigenvalue weighted by atomic mass is 32.1. The second kappa shape index (κ2) is 6.38. The molecule has 0 aliphatic carbocycles. The van der Waals surface area contributed by atoms with Crippen LogP contribution in [0, 0.1) is 18.3 Å². The van der Waals surface area contributed by atoms with E-state index in [1.165, 1.54) is 11.3 Å². The number of pyridine rings is 1. The predicted octanol–water partition coefficient (Wildman–Crippen LogP) is 3.64. The number of aromatic nitrogens is 2. The maximum absolute atomic E-state index is 12.4. The number of nitriles is 1. The fourth-order valence-electron chi connectivity index (χ4n) is 2.06. The second-order valence-electron chi connectivity index (χ2n) is 4.80. The third kappa shape index (κ3) is 3.25. The Labute approximate surface area is 137 Å². The van der Waals surface area contributed by atoms with Crippen LogP contribution in [0.15, 0.2) is 48.7 Å². The van der Waals surface area contributed by atoms with Crippen LogP contribution in [0.25, 0.3) is 10.7 Å². The topological polar surface area (TPSA) is 78.7 Å². The molecule has 3 rings (SSSR count). The van der Waals surface area contributed by atoms with Gasteiger partial charge in [-0.25, -0.2) is 4.98 Å². The van der Waals surface area contributed by atoms with Crippen molar-refractivity contribution in [3.8, 4) is 16.8 Å². The molecule has 0 fully saturated rings. The molecule has 5 nitrogen and oxygen atoms in total. The molecule has 23 heavy (non-hydrogen) atoms. The summed E-state index contributed by atoms with van der Waals surface area (Å²) in [5, 5.41) is 12.4. The highest BCUT2D eigenvalue weighted by Gasteiger charge is 2.17. The predicted molar refractivity (Wildman–Crippen MR) is 89.2 cm³/mol. The lowest BCUT2D eigenvalue weighted by atomic mass is 10.2. The third-order valence-electron chi connectivity index (χ3n) is 3.14. The molecule has 0 unspecified atom stereocenters. The lowest BCUT2D eigenvalue weighted by Crippen LogP contribution is -2.11. The van der Waals surface area contributed by atoms with Crippen molar-refractivity contribution in [1.82, 2.24) is 9.97 Å². The van der Waals surface area contributed by atoms with E-state index in [1.807, 2.05) is 24.3 Å². The van der Waals surface area contributed by atoms with Gasteiger partial charge in [-0.3, -0.25) is 9.78 Å². The summed E-state index contributed by atoms with van der Waals surface area (Å²) in [6.45, 7) is 1.80. The Kier molecular flexibility index (Phi) is 4.13. The van der Waals surface area contributed by atoms with Gasteiger partial charge in [-0.1, -0.05) is 12.1 Å². The molecule has 0 bridgehead atoms. The van der Waals surface area contributed by atoms with Crippen molar-refractivity contribution in [2.24, 2.45) is 0 Å². The Balaban J connectivity index is 1.85. The van der Waals surface area contributed by atoms with Gasteiger partial charge < -0.3 is 5.32 Å². The quantitative estimate of drug-likeness (QED) is 0.799. The highest BCUT2D eigenvalue weighted by molar-refractivity contribution is 7.17. The minimum absolute atomic E-state index is 0.239. The zero-order chi connectivity index (χ0) is 16.2. The molecular formula is C17H12N4OS. The van der Waals surface area contributed by atoms with E-state index in [9.17, 15) is 4.79 Å². The summed E-state index contributed by atoms with van der Waals surface area (Å²) in [6, 6.07) is 14.4. The number of nitrogens with zero attached hydrogens (tertiary/aromatic N) is 3. The number of carbonyl (C=O) groups is 1. The first-order valence-electron chi connectivity index (χ1n) is 6.88. The molecule has 2 heterocycles. The van der Waals surface area contributed by atoms with Crippen LogP contribution >= 0.6 is 11.3 Å². The van der Waals surface area contributed by atoms with Crippen molar-refractivity contribution >= 4 is 22.9 Å². The molecule has 0 saturated heterocycles. The van der Waals surface area contributed by atoms with E-state index >= 15 is 0 Å². The number of thiazole rings is 1. The van der Waals surface area contributed by atoms with Crippen molar-refractivity contribution in [3.63, 3.8) is 0 Å². The standard InChI is InChI=1S/C17H12N4OS/c1-11-15(23-17(20-11)14-7-2-3-8-19-14)16(22)21-13-6-4-5-12(9-13)10-18/h2-9H,1H3,(H,21,22). The van der Waals surface area contributed by atoms with Gasteiger partial charge in [-0.2, -0.15) is 5.26 Å². The Hall–Kier alpha value is -3.04. The Morgan fingerprint density at radius 3 is 2.87 bits per heavy atom. The molecule has 0 radical (unpaired) electrons. The number of amides is 1. The number of nitrogens with one attached hydrogen (secondary N) is 1. The van der Waals surface area contributed by atoms with Gasteiger partial charge in [0.2, 0.25) is 0 Å². The molecule has 0 atom stereocenters. The maximum Gasteiger partial charge on any atom is 0.267 e. The number of carbonyl (C=O) groups excluding carboxylic acids is 1. The van der Waals surface area contributed by atoms with Crippen LogP contribution in [-0.2, 0) is 0 Å². The van der Waals surface area contributed by atoms with Crippen LogP contribution in [0.1, 0.15) is 20.9 Å². The highest BCUT2D eigenvalue weighted by Crippen LogP contribution is 2.27. The lowest BCUT2D eigenvalue weighted by molar-refractivity contribution is 0.103. The monoisotopic (exact) mass is 320 g/mol. The molecule has 0 spiro atoms. The van der Waals surface area contributed by atoms with Crippen molar-refractivity contribution in [3.05, 3.63) is 64.8 Å². The minimum atomic E-state index is -0.239. The molecule has 0 aliphatic rings. The average molecular weight is 320 g/mol. The summed E-state index contributed by atoms with van der Waals surface area (Å²) in [5.74, 6) is -0.239. The smallest absolute Gasteiger partial charge is 0.267 e. The number of anilines is 1. The third-order valence-corrected chi connectivity index (χ3v) is 4.32. The zero-order valence-corrected chi connectivity index (χ0v) is 13.1. The van der Waals surface area contributed by atoms with E-state index in [0.29, 0.717) is 26.8 Å². The molecule has 1 amide bonds. The van der Waals surface area contributed by atoms with Gasteiger partial charge in [-0.15, -0.1) is 11.3 Å². The molecule has 6 heteroatoms. The van der Waals surface area contributed by atoms with E-state index in [0.717, 1.165) is 5.69 Å². The summed E-state index contributed by atoms with van der Waals surface area (Å²) in [5.41, 5.74) is 2.48. The Morgan fingerprint density at radius 1 is 1.26 bits per heavy atom. The number of benzene rings is 1. The van der Waals surface area contributed by atoms with Crippen LogP contribution in [0.4, 0.5) is 5.69 Å². The first-order valence-corrected chi connectivity index (χ1v) is 7.69. The van der Waals surface area contributed by atoms with Gasteiger partial charge >= 0.3 is 0 Å². The normalized spacial score (nSPS) is 10.1.